The summed E-state index contributed by atoms with van der Waals surface area (Å²) in [4.78, 5) is 5.01. The van der Waals surface area contributed by atoms with Crippen molar-refractivity contribution in [3.8, 4) is 0 Å². The fourth-order valence-electron chi connectivity index (χ4n) is 2.75. The van der Waals surface area contributed by atoms with E-state index in [1.165, 1.54) is 57.7 Å². The van der Waals surface area contributed by atoms with Crippen molar-refractivity contribution >= 4 is 11.8 Å². The lowest BCUT2D eigenvalue weighted by Crippen LogP contribution is -2.33. The van der Waals surface area contributed by atoms with E-state index < -0.39 is 0 Å². The summed E-state index contributed by atoms with van der Waals surface area (Å²) < 4.78 is 0. The molecule has 0 aromatic rings. The van der Waals surface area contributed by atoms with Gasteiger partial charge in [-0.25, -0.2) is 0 Å². The predicted octanol–water partition coefficient (Wildman–Crippen LogP) is 1.11. The lowest BCUT2D eigenvalue weighted by atomic mass is 10.2. The standard InChI is InChI=1S/C13H27N3S/c1-15(2)12-5-8-16(11-12)9-10-17-13-3-6-14-7-4-13/h12-14H,3-11H2,1-2H3. The Kier molecular flexibility index (Phi) is 5.60. The van der Waals surface area contributed by atoms with Gasteiger partial charge in [-0.3, -0.25) is 0 Å². The highest BCUT2D eigenvalue weighted by atomic mass is 32.2. The van der Waals surface area contributed by atoms with Crippen LogP contribution in [0.25, 0.3) is 0 Å². The van der Waals surface area contributed by atoms with Gasteiger partial charge in [-0.1, -0.05) is 0 Å². The molecule has 100 valence electrons. The maximum atomic E-state index is 3.44. The molecule has 0 radical (unpaired) electrons. The molecule has 2 saturated heterocycles. The Bertz CT molecular complexity index is 217. The quantitative estimate of drug-likeness (QED) is 0.795. The number of hydrogen-bond donors (Lipinski definition) is 1. The van der Waals surface area contributed by atoms with Crippen LogP contribution in [0.5, 0.6) is 0 Å². The molecule has 1 N–H and O–H groups in total. The van der Waals surface area contributed by atoms with Crippen molar-refractivity contribution < 1.29 is 0 Å². The first kappa shape index (κ1) is 13.7. The third-order valence-corrected chi connectivity index (χ3v) is 5.39. The van der Waals surface area contributed by atoms with Crippen LogP contribution in [0.15, 0.2) is 0 Å². The molecule has 0 aliphatic carbocycles. The topological polar surface area (TPSA) is 18.5 Å². The fourth-order valence-corrected chi connectivity index (χ4v) is 4.01. The van der Waals surface area contributed by atoms with Crippen LogP contribution in [-0.4, -0.2) is 73.7 Å². The Balaban J connectivity index is 1.56. The minimum absolute atomic E-state index is 0.791. The van der Waals surface area contributed by atoms with Crippen LogP contribution in [0.2, 0.25) is 0 Å². The smallest absolute Gasteiger partial charge is 0.0229 e. The summed E-state index contributed by atoms with van der Waals surface area (Å²) in [7, 11) is 4.41. The number of likely N-dealkylation sites (tertiary alicyclic amines) is 1. The number of thioether (sulfide) groups is 1. The molecule has 17 heavy (non-hydrogen) atoms. The number of nitrogens with one attached hydrogen (secondary N) is 1. The Morgan fingerprint density at radius 1 is 1.24 bits per heavy atom. The van der Waals surface area contributed by atoms with E-state index in [1.54, 1.807) is 0 Å². The van der Waals surface area contributed by atoms with E-state index in [1.807, 2.05) is 0 Å². The van der Waals surface area contributed by atoms with Crippen molar-refractivity contribution in [3.05, 3.63) is 0 Å². The molecule has 2 fully saturated rings. The van der Waals surface area contributed by atoms with Crippen LogP contribution >= 0.6 is 11.8 Å². The second-order valence-corrected chi connectivity index (χ2v) is 6.94. The van der Waals surface area contributed by atoms with E-state index in [0.29, 0.717) is 0 Å². The zero-order valence-electron chi connectivity index (χ0n) is 11.3. The lowest BCUT2D eigenvalue weighted by Gasteiger charge is -2.24. The summed E-state index contributed by atoms with van der Waals surface area (Å²) in [5, 5.41) is 4.36. The van der Waals surface area contributed by atoms with Gasteiger partial charge in [-0.15, -0.1) is 0 Å². The largest absolute Gasteiger partial charge is 0.317 e. The van der Waals surface area contributed by atoms with Gasteiger partial charge in [-0.05, 0) is 53.0 Å². The molecule has 4 heteroatoms. The van der Waals surface area contributed by atoms with E-state index in [4.69, 9.17) is 0 Å². The lowest BCUT2D eigenvalue weighted by molar-refractivity contribution is 0.276. The Hall–Kier alpha value is 0.230. The van der Waals surface area contributed by atoms with E-state index >= 15 is 0 Å². The second kappa shape index (κ2) is 6.98. The first-order valence-electron chi connectivity index (χ1n) is 6.97. The van der Waals surface area contributed by atoms with Gasteiger partial charge in [0.05, 0.1) is 0 Å². The fraction of sp³-hybridized carbons (Fsp3) is 1.00. The van der Waals surface area contributed by atoms with E-state index in [9.17, 15) is 0 Å². The molecule has 0 amide bonds. The summed E-state index contributed by atoms with van der Waals surface area (Å²) >= 11 is 2.20. The Labute approximate surface area is 110 Å². The average Bonchev–Trinajstić information content (AvgIpc) is 2.79. The van der Waals surface area contributed by atoms with Crippen LogP contribution in [0.1, 0.15) is 19.3 Å². The predicted molar refractivity (Wildman–Crippen MR) is 76.9 cm³/mol. The molecule has 1 atom stereocenters. The third kappa shape index (κ3) is 4.43. The highest BCUT2D eigenvalue weighted by Crippen LogP contribution is 2.21. The van der Waals surface area contributed by atoms with Gasteiger partial charge in [0, 0.05) is 30.1 Å². The van der Waals surface area contributed by atoms with Crippen molar-refractivity contribution in [2.75, 3.05) is 52.6 Å². The SMILES string of the molecule is CN(C)C1CCN(CCSC2CCNCC2)C1. The van der Waals surface area contributed by atoms with E-state index in [2.05, 4.69) is 41.0 Å². The summed E-state index contributed by atoms with van der Waals surface area (Å²) in [5.41, 5.74) is 0. The number of hydrogen-bond acceptors (Lipinski definition) is 4. The van der Waals surface area contributed by atoms with Gasteiger partial charge in [0.25, 0.3) is 0 Å². The van der Waals surface area contributed by atoms with Crippen LogP contribution in [0.4, 0.5) is 0 Å². The van der Waals surface area contributed by atoms with Gasteiger partial charge in [-0.2, -0.15) is 11.8 Å². The molecule has 2 aliphatic rings. The molecule has 0 aromatic carbocycles. The van der Waals surface area contributed by atoms with Crippen molar-refractivity contribution in [2.24, 2.45) is 0 Å². The molecule has 2 aliphatic heterocycles. The Morgan fingerprint density at radius 3 is 2.65 bits per heavy atom. The normalized spacial score (nSPS) is 28.1. The molecule has 0 aromatic heterocycles. The highest BCUT2D eigenvalue weighted by molar-refractivity contribution is 7.99. The zero-order valence-corrected chi connectivity index (χ0v) is 12.1. The van der Waals surface area contributed by atoms with Crippen molar-refractivity contribution in [1.29, 1.82) is 0 Å². The molecule has 0 spiro atoms. The maximum absolute atomic E-state index is 3.44. The number of piperidine rings is 1. The Morgan fingerprint density at radius 2 is 2.00 bits per heavy atom. The molecule has 2 rings (SSSR count). The summed E-state index contributed by atoms with van der Waals surface area (Å²) in [5.74, 6) is 1.32. The van der Waals surface area contributed by atoms with Gasteiger partial charge < -0.3 is 15.1 Å². The molecule has 2 heterocycles. The van der Waals surface area contributed by atoms with Crippen LogP contribution in [0, 0.1) is 0 Å². The number of rotatable bonds is 5. The van der Waals surface area contributed by atoms with Gasteiger partial charge in [0.2, 0.25) is 0 Å². The number of nitrogens with zero attached hydrogens (tertiary/aromatic N) is 2. The van der Waals surface area contributed by atoms with Crippen molar-refractivity contribution in [2.45, 2.75) is 30.6 Å². The third-order valence-electron chi connectivity index (χ3n) is 4.03. The molecule has 3 nitrogen and oxygen atoms in total. The zero-order chi connectivity index (χ0) is 12.1. The molecular weight excluding hydrogens is 230 g/mol. The maximum Gasteiger partial charge on any atom is 0.0229 e. The highest BCUT2D eigenvalue weighted by Gasteiger charge is 2.23. The summed E-state index contributed by atoms with van der Waals surface area (Å²) in [6.45, 7) is 6.32. The van der Waals surface area contributed by atoms with Crippen LogP contribution in [-0.2, 0) is 0 Å². The molecular formula is C13H27N3S. The van der Waals surface area contributed by atoms with Crippen LogP contribution < -0.4 is 5.32 Å². The molecule has 1 unspecified atom stereocenters. The summed E-state index contributed by atoms with van der Waals surface area (Å²) in [6, 6.07) is 0.791. The molecule has 0 bridgehead atoms. The van der Waals surface area contributed by atoms with Crippen molar-refractivity contribution in [3.63, 3.8) is 0 Å². The summed E-state index contributed by atoms with van der Waals surface area (Å²) in [6.07, 6.45) is 4.08. The minimum atomic E-state index is 0.791. The average molecular weight is 257 g/mol. The van der Waals surface area contributed by atoms with Crippen LogP contribution in [0.3, 0.4) is 0 Å². The number of likely N-dealkylation sites (N-methyl/N-ethyl adjacent to an activating group) is 1. The minimum Gasteiger partial charge on any atom is -0.317 e. The van der Waals surface area contributed by atoms with E-state index in [-0.39, 0.29) is 0 Å². The first-order chi connectivity index (χ1) is 8.25. The second-order valence-electron chi connectivity index (χ2n) is 5.53. The van der Waals surface area contributed by atoms with E-state index in [0.717, 1.165) is 11.3 Å². The van der Waals surface area contributed by atoms with Gasteiger partial charge >= 0.3 is 0 Å². The van der Waals surface area contributed by atoms with Gasteiger partial charge in [0.15, 0.2) is 0 Å². The first-order valence-corrected chi connectivity index (χ1v) is 8.01. The van der Waals surface area contributed by atoms with Crippen molar-refractivity contribution in [1.82, 2.24) is 15.1 Å². The molecule has 0 saturated carbocycles. The monoisotopic (exact) mass is 257 g/mol. The van der Waals surface area contributed by atoms with Gasteiger partial charge in [0.1, 0.15) is 0 Å².